The fraction of sp³-hybridized carbons (Fsp3) is 0.250. The summed E-state index contributed by atoms with van der Waals surface area (Å²) >= 11 is 1.51. The first-order valence-electron chi connectivity index (χ1n) is 5.54. The van der Waals surface area contributed by atoms with Gasteiger partial charge < -0.3 is 0 Å². The van der Waals surface area contributed by atoms with Gasteiger partial charge in [0.25, 0.3) is 0 Å². The van der Waals surface area contributed by atoms with Gasteiger partial charge in [-0.05, 0) is 26.0 Å². The van der Waals surface area contributed by atoms with Crippen LogP contribution in [-0.4, -0.2) is 26.3 Å². The summed E-state index contributed by atoms with van der Waals surface area (Å²) in [6.45, 7) is 3.89. The van der Waals surface area contributed by atoms with Gasteiger partial charge in [-0.2, -0.15) is 10.1 Å². The number of hydrogen-bond donors (Lipinski definition) is 2. The van der Waals surface area contributed by atoms with E-state index >= 15 is 0 Å². The Morgan fingerprint density at radius 1 is 1.39 bits per heavy atom. The normalized spacial score (nSPS) is 12.1. The average Bonchev–Trinajstić information content (AvgIpc) is 2.85. The molecule has 0 fully saturated rings. The van der Waals surface area contributed by atoms with E-state index in [4.69, 9.17) is 0 Å². The standard InChI is InChI=1S/C12H14N4OS/c1-8-3-5-10(6-4-8)18-9(2)11(17)15-12-13-7-14-16-12/h3-7,9H,1-2H3,(H2,13,14,15,16,17)/t9-/m1/s1. The predicted molar refractivity (Wildman–Crippen MR) is 71.5 cm³/mol. The number of aromatic nitrogens is 3. The molecule has 1 heterocycles. The van der Waals surface area contributed by atoms with Gasteiger partial charge in [-0.1, -0.05) is 17.7 Å². The van der Waals surface area contributed by atoms with Crippen LogP contribution < -0.4 is 5.32 Å². The van der Waals surface area contributed by atoms with Gasteiger partial charge in [0.15, 0.2) is 0 Å². The van der Waals surface area contributed by atoms with Crippen molar-refractivity contribution >= 4 is 23.6 Å². The molecular formula is C12H14N4OS. The summed E-state index contributed by atoms with van der Waals surface area (Å²) < 4.78 is 0. The number of thioether (sulfide) groups is 1. The fourth-order valence-corrected chi connectivity index (χ4v) is 2.23. The van der Waals surface area contributed by atoms with Crippen molar-refractivity contribution in [2.45, 2.75) is 24.0 Å². The maximum atomic E-state index is 11.9. The van der Waals surface area contributed by atoms with E-state index in [1.54, 1.807) is 0 Å². The van der Waals surface area contributed by atoms with E-state index in [-0.39, 0.29) is 11.2 Å². The van der Waals surface area contributed by atoms with Crippen molar-refractivity contribution in [3.63, 3.8) is 0 Å². The minimum absolute atomic E-state index is 0.0997. The van der Waals surface area contributed by atoms with Crippen molar-refractivity contribution in [2.75, 3.05) is 5.32 Å². The van der Waals surface area contributed by atoms with E-state index in [1.807, 2.05) is 38.1 Å². The first kappa shape index (κ1) is 12.6. The molecule has 1 aromatic carbocycles. The van der Waals surface area contributed by atoms with Crippen molar-refractivity contribution in [1.82, 2.24) is 15.2 Å². The molecule has 2 rings (SSSR count). The molecule has 18 heavy (non-hydrogen) atoms. The average molecular weight is 262 g/mol. The molecule has 0 aliphatic carbocycles. The van der Waals surface area contributed by atoms with Gasteiger partial charge >= 0.3 is 0 Å². The molecule has 0 unspecified atom stereocenters. The third-order valence-corrected chi connectivity index (χ3v) is 3.47. The molecule has 1 aromatic heterocycles. The molecule has 0 radical (unpaired) electrons. The van der Waals surface area contributed by atoms with E-state index in [9.17, 15) is 4.79 Å². The summed E-state index contributed by atoms with van der Waals surface area (Å²) in [6, 6.07) is 8.09. The monoisotopic (exact) mass is 262 g/mol. The van der Waals surface area contributed by atoms with Gasteiger partial charge in [0.2, 0.25) is 11.9 Å². The fourth-order valence-electron chi connectivity index (χ4n) is 1.36. The number of rotatable bonds is 4. The number of carbonyl (C=O) groups excluding carboxylic acids is 1. The second-order valence-corrected chi connectivity index (χ2v) is 5.31. The Balaban J connectivity index is 1.93. The lowest BCUT2D eigenvalue weighted by Gasteiger charge is -2.10. The molecule has 1 atom stereocenters. The zero-order valence-electron chi connectivity index (χ0n) is 10.2. The number of amides is 1. The molecule has 0 aliphatic heterocycles. The van der Waals surface area contributed by atoms with Crippen LogP contribution in [0.3, 0.4) is 0 Å². The number of benzene rings is 1. The summed E-state index contributed by atoms with van der Waals surface area (Å²) in [5.74, 6) is 0.272. The number of aryl methyl sites for hydroxylation is 1. The predicted octanol–water partition coefficient (Wildman–Crippen LogP) is 2.23. The summed E-state index contributed by atoms with van der Waals surface area (Å²) in [5.41, 5.74) is 1.21. The maximum Gasteiger partial charge on any atom is 0.239 e. The number of H-pyrrole nitrogens is 1. The molecule has 0 aliphatic rings. The van der Waals surface area contributed by atoms with Gasteiger partial charge in [0, 0.05) is 4.90 Å². The highest BCUT2D eigenvalue weighted by Gasteiger charge is 2.15. The highest BCUT2D eigenvalue weighted by atomic mass is 32.2. The van der Waals surface area contributed by atoms with E-state index in [0.717, 1.165) is 4.90 Å². The van der Waals surface area contributed by atoms with Crippen molar-refractivity contribution < 1.29 is 4.79 Å². The lowest BCUT2D eigenvalue weighted by molar-refractivity contribution is -0.115. The smallest absolute Gasteiger partial charge is 0.239 e. The highest BCUT2D eigenvalue weighted by Crippen LogP contribution is 2.23. The molecule has 0 saturated carbocycles. The van der Waals surface area contributed by atoms with Gasteiger partial charge in [-0.25, -0.2) is 5.10 Å². The van der Waals surface area contributed by atoms with Gasteiger partial charge in [0.05, 0.1) is 5.25 Å². The van der Waals surface area contributed by atoms with E-state index in [0.29, 0.717) is 5.95 Å². The minimum atomic E-state index is -0.196. The third kappa shape index (κ3) is 3.33. The molecule has 0 spiro atoms. The van der Waals surface area contributed by atoms with Crippen LogP contribution in [0.4, 0.5) is 5.95 Å². The summed E-state index contributed by atoms with van der Waals surface area (Å²) in [7, 11) is 0. The third-order valence-electron chi connectivity index (χ3n) is 2.36. The number of aromatic amines is 1. The molecule has 2 aromatic rings. The first-order valence-corrected chi connectivity index (χ1v) is 6.42. The SMILES string of the molecule is Cc1ccc(S[C@H](C)C(=O)Nc2ncn[nH]2)cc1. The first-order chi connectivity index (χ1) is 8.65. The zero-order valence-corrected chi connectivity index (χ0v) is 11.0. The lowest BCUT2D eigenvalue weighted by atomic mass is 10.2. The van der Waals surface area contributed by atoms with Crippen LogP contribution in [0, 0.1) is 6.92 Å². The molecule has 0 bridgehead atoms. The molecule has 2 N–H and O–H groups in total. The topological polar surface area (TPSA) is 70.7 Å². The van der Waals surface area contributed by atoms with Crippen LogP contribution in [0.5, 0.6) is 0 Å². The Bertz CT molecular complexity index is 509. The number of nitrogens with one attached hydrogen (secondary N) is 2. The van der Waals surface area contributed by atoms with Crippen molar-refractivity contribution in [3.05, 3.63) is 36.2 Å². The molecule has 5 nitrogen and oxygen atoms in total. The van der Waals surface area contributed by atoms with Gasteiger partial charge in [0.1, 0.15) is 6.33 Å². The Kier molecular flexibility index (Phi) is 3.99. The quantitative estimate of drug-likeness (QED) is 0.829. The maximum absolute atomic E-state index is 11.9. The summed E-state index contributed by atoms with van der Waals surface area (Å²) in [5, 5.41) is 8.73. The van der Waals surface area contributed by atoms with Gasteiger partial charge in [-0.3, -0.25) is 10.1 Å². The van der Waals surface area contributed by atoms with Crippen molar-refractivity contribution in [3.8, 4) is 0 Å². The number of carbonyl (C=O) groups is 1. The zero-order chi connectivity index (χ0) is 13.0. The number of anilines is 1. The summed E-state index contributed by atoms with van der Waals surface area (Å²) in [6.07, 6.45) is 1.35. The Labute approximate surface area is 109 Å². The molecular weight excluding hydrogens is 248 g/mol. The highest BCUT2D eigenvalue weighted by molar-refractivity contribution is 8.00. The second kappa shape index (κ2) is 5.68. The van der Waals surface area contributed by atoms with Crippen LogP contribution in [0.15, 0.2) is 35.5 Å². The Morgan fingerprint density at radius 3 is 2.72 bits per heavy atom. The van der Waals surface area contributed by atoms with Crippen LogP contribution in [0.2, 0.25) is 0 Å². The minimum Gasteiger partial charge on any atom is -0.294 e. The van der Waals surface area contributed by atoms with E-state index < -0.39 is 0 Å². The van der Waals surface area contributed by atoms with Crippen molar-refractivity contribution in [1.29, 1.82) is 0 Å². The number of hydrogen-bond acceptors (Lipinski definition) is 4. The van der Waals surface area contributed by atoms with Crippen molar-refractivity contribution in [2.24, 2.45) is 0 Å². The Morgan fingerprint density at radius 2 is 2.11 bits per heavy atom. The largest absolute Gasteiger partial charge is 0.294 e. The molecule has 1 amide bonds. The molecule has 6 heteroatoms. The van der Waals surface area contributed by atoms with E-state index in [2.05, 4.69) is 20.5 Å². The van der Waals surface area contributed by atoms with Crippen LogP contribution in [0.1, 0.15) is 12.5 Å². The van der Waals surface area contributed by atoms with Crippen LogP contribution >= 0.6 is 11.8 Å². The Hall–Kier alpha value is -1.82. The molecule has 94 valence electrons. The number of nitrogens with zero attached hydrogens (tertiary/aromatic N) is 2. The van der Waals surface area contributed by atoms with Crippen LogP contribution in [-0.2, 0) is 4.79 Å². The van der Waals surface area contributed by atoms with E-state index in [1.165, 1.54) is 23.7 Å². The van der Waals surface area contributed by atoms with Crippen LogP contribution in [0.25, 0.3) is 0 Å². The second-order valence-electron chi connectivity index (χ2n) is 3.90. The van der Waals surface area contributed by atoms with Gasteiger partial charge in [-0.15, -0.1) is 11.8 Å². The molecule has 0 saturated heterocycles. The lowest BCUT2D eigenvalue weighted by Crippen LogP contribution is -2.23. The summed E-state index contributed by atoms with van der Waals surface area (Å²) in [4.78, 5) is 16.8.